The van der Waals surface area contributed by atoms with Crippen LogP contribution < -0.4 is 10.5 Å². The number of nitrogens with two attached hydrogens (primary N) is 1. The zero-order valence-electron chi connectivity index (χ0n) is 15.1. The van der Waals surface area contributed by atoms with Crippen LogP contribution in [0.15, 0.2) is 29.3 Å². The van der Waals surface area contributed by atoms with Crippen LogP contribution in [0, 0.1) is 6.92 Å². The van der Waals surface area contributed by atoms with Gasteiger partial charge in [-0.05, 0) is 30.5 Å². The Morgan fingerprint density at radius 3 is 2.46 bits per heavy atom. The largest absolute Gasteiger partial charge is 0.416 e. The first-order chi connectivity index (χ1) is 11.9. The van der Waals surface area contributed by atoms with Crippen LogP contribution in [0.3, 0.4) is 0 Å². The summed E-state index contributed by atoms with van der Waals surface area (Å²) in [6, 6.07) is 4.29. The summed E-state index contributed by atoms with van der Waals surface area (Å²) in [5.41, 5.74) is 5.52. The van der Waals surface area contributed by atoms with E-state index >= 15 is 0 Å². The second-order valence-corrected chi connectivity index (χ2v) is 7.96. The van der Waals surface area contributed by atoms with Crippen molar-refractivity contribution in [2.75, 3.05) is 6.54 Å². The summed E-state index contributed by atoms with van der Waals surface area (Å²) in [5.74, 6) is -0.705. The monoisotopic (exact) mass is 385 g/mol. The van der Waals surface area contributed by atoms with Crippen molar-refractivity contribution in [3.05, 3.63) is 50.8 Å². The van der Waals surface area contributed by atoms with Crippen LogP contribution in [-0.4, -0.2) is 17.0 Å². The van der Waals surface area contributed by atoms with Gasteiger partial charge in [0.2, 0.25) is 0 Å². The number of thiazole rings is 1. The van der Waals surface area contributed by atoms with Crippen LogP contribution >= 0.6 is 11.3 Å². The first kappa shape index (κ1) is 20.4. The second-order valence-electron chi connectivity index (χ2n) is 6.99. The topological polar surface area (TPSA) is 60.4 Å². The van der Waals surface area contributed by atoms with Gasteiger partial charge in [-0.3, -0.25) is 4.79 Å². The molecule has 142 valence electrons. The first-order valence-electron chi connectivity index (χ1n) is 8.12. The SMILES string of the molecule is Cc1c(C(C)(C)C)s/c(=N\C(=O)c2cccc(C(F)(F)F)c2)n1CCN. The zero-order valence-corrected chi connectivity index (χ0v) is 16.0. The minimum atomic E-state index is -4.51. The summed E-state index contributed by atoms with van der Waals surface area (Å²) in [7, 11) is 0. The maximum Gasteiger partial charge on any atom is 0.416 e. The molecular weight excluding hydrogens is 363 g/mol. The predicted molar refractivity (Wildman–Crippen MR) is 96.1 cm³/mol. The van der Waals surface area contributed by atoms with Crippen molar-refractivity contribution < 1.29 is 18.0 Å². The van der Waals surface area contributed by atoms with Gasteiger partial charge in [-0.1, -0.05) is 26.8 Å². The van der Waals surface area contributed by atoms with Gasteiger partial charge in [0.25, 0.3) is 5.91 Å². The number of hydrogen-bond acceptors (Lipinski definition) is 3. The fourth-order valence-electron chi connectivity index (χ4n) is 2.64. The van der Waals surface area contributed by atoms with Gasteiger partial charge in [-0.15, -0.1) is 11.3 Å². The molecule has 0 unspecified atom stereocenters. The van der Waals surface area contributed by atoms with Crippen molar-refractivity contribution in [2.45, 2.75) is 45.8 Å². The van der Waals surface area contributed by atoms with Crippen molar-refractivity contribution in [3.8, 4) is 0 Å². The lowest BCUT2D eigenvalue weighted by atomic mass is 9.93. The van der Waals surface area contributed by atoms with E-state index < -0.39 is 17.6 Å². The van der Waals surface area contributed by atoms with Crippen LogP contribution in [0.5, 0.6) is 0 Å². The van der Waals surface area contributed by atoms with E-state index in [9.17, 15) is 18.0 Å². The summed E-state index contributed by atoms with van der Waals surface area (Å²) in [5, 5.41) is 0. The third kappa shape index (κ3) is 4.42. The summed E-state index contributed by atoms with van der Waals surface area (Å²) in [4.78, 5) is 18.0. The Bertz CT molecular complexity index is 873. The zero-order chi connectivity index (χ0) is 19.7. The van der Waals surface area contributed by atoms with Gasteiger partial charge in [0.1, 0.15) is 0 Å². The number of nitrogens with zero attached hydrogens (tertiary/aromatic N) is 2. The van der Waals surface area contributed by atoms with Gasteiger partial charge >= 0.3 is 6.18 Å². The van der Waals surface area contributed by atoms with Gasteiger partial charge < -0.3 is 10.3 Å². The summed E-state index contributed by atoms with van der Waals surface area (Å²) < 4.78 is 40.4. The standard InChI is InChI=1S/C18H22F3N3OS/c1-11-14(17(2,3)4)26-16(24(11)9-8-22)23-15(25)12-6-5-7-13(10-12)18(19,20)21/h5-7,10H,8-9,22H2,1-4H3/b23-16-. The molecule has 0 atom stereocenters. The highest BCUT2D eigenvalue weighted by atomic mass is 32.1. The Labute approximate surface area is 154 Å². The molecule has 26 heavy (non-hydrogen) atoms. The van der Waals surface area contributed by atoms with E-state index in [0.29, 0.717) is 17.9 Å². The highest BCUT2D eigenvalue weighted by Crippen LogP contribution is 2.30. The third-order valence-electron chi connectivity index (χ3n) is 3.83. The molecule has 0 bridgehead atoms. The van der Waals surface area contributed by atoms with Crippen LogP contribution in [-0.2, 0) is 18.1 Å². The molecule has 0 aliphatic heterocycles. The quantitative estimate of drug-likeness (QED) is 0.872. The fourth-order valence-corrected chi connectivity index (χ4v) is 3.85. The normalized spacial score (nSPS) is 13.3. The van der Waals surface area contributed by atoms with Gasteiger partial charge in [-0.2, -0.15) is 18.2 Å². The number of carbonyl (C=O) groups excluding carboxylic acids is 1. The highest BCUT2D eigenvalue weighted by Gasteiger charge is 2.31. The number of carbonyl (C=O) groups is 1. The lowest BCUT2D eigenvalue weighted by Crippen LogP contribution is -2.23. The fraction of sp³-hybridized carbons (Fsp3) is 0.444. The lowest BCUT2D eigenvalue weighted by molar-refractivity contribution is -0.137. The smallest absolute Gasteiger partial charge is 0.329 e. The molecule has 2 aromatic rings. The van der Waals surface area contributed by atoms with Crippen LogP contribution in [0.2, 0.25) is 0 Å². The molecule has 0 aliphatic carbocycles. The molecule has 0 fully saturated rings. The van der Waals surface area contributed by atoms with E-state index in [-0.39, 0.29) is 11.0 Å². The van der Waals surface area contributed by atoms with Crippen molar-refractivity contribution in [1.29, 1.82) is 0 Å². The Kier molecular flexibility index (Phi) is 5.77. The average Bonchev–Trinajstić information content (AvgIpc) is 2.84. The van der Waals surface area contributed by atoms with Crippen LogP contribution in [0.25, 0.3) is 0 Å². The van der Waals surface area contributed by atoms with Crippen molar-refractivity contribution in [2.24, 2.45) is 10.7 Å². The number of amides is 1. The lowest BCUT2D eigenvalue weighted by Gasteiger charge is -2.17. The molecule has 0 aliphatic rings. The molecule has 1 aromatic heterocycles. The molecule has 8 heteroatoms. The van der Waals surface area contributed by atoms with Crippen molar-refractivity contribution in [3.63, 3.8) is 0 Å². The molecular formula is C18H22F3N3OS. The summed E-state index contributed by atoms with van der Waals surface area (Å²) >= 11 is 1.36. The van der Waals surface area contributed by atoms with E-state index in [2.05, 4.69) is 25.8 Å². The molecule has 1 amide bonds. The molecule has 0 spiro atoms. The minimum absolute atomic E-state index is 0.0949. The maximum absolute atomic E-state index is 12.9. The number of rotatable bonds is 3. The van der Waals surface area contributed by atoms with Crippen LogP contribution in [0.4, 0.5) is 13.2 Å². The summed E-state index contributed by atoms with van der Waals surface area (Å²) in [6.45, 7) is 8.94. The molecule has 1 aromatic carbocycles. The number of aromatic nitrogens is 1. The Balaban J connectivity index is 2.54. The molecule has 4 nitrogen and oxygen atoms in total. The highest BCUT2D eigenvalue weighted by molar-refractivity contribution is 7.09. The van der Waals surface area contributed by atoms with E-state index in [1.807, 2.05) is 11.5 Å². The number of benzene rings is 1. The van der Waals surface area contributed by atoms with Gasteiger partial charge in [0.05, 0.1) is 5.56 Å². The average molecular weight is 385 g/mol. The third-order valence-corrected chi connectivity index (χ3v) is 5.43. The van der Waals surface area contributed by atoms with Gasteiger partial charge in [0.15, 0.2) is 4.80 Å². The number of hydrogen-bond donors (Lipinski definition) is 1. The maximum atomic E-state index is 12.9. The molecule has 0 radical (unpaired) electrons. The minimum Gasteiger partial charge on any atom is -0.329 e. The van der Waals surface area contributed by atoms with E-state index in [1.54, 1.807) is 0 Å². The second kappa shape index (κ2) is 7.36. The van der Waals surface area contributed by atoms with Gasteiger partial charge in [-0.25, -0.2) is 0 Å². The number of halogens is 3. The van der Waals surface area contributed by atoms with E-state index in [4.69, 9.17) is 5.73 Å². The van der Waals surface area contributed by atoms with Crippen LogP contribution in [0.1, 0.15) is 47.3 Å². The Hall–Kier alpha value is -1.93. The van der Waals surface area contributed by atoms with E-state index in [0.717, 1.165) is 22.7 Å². The molecule has 1 heterocycles. The molecule has 2 N–H and O–H groups in total. The molecule has 0 saturated carbocycles. The predicted octanol–water partition coefficient (Wildman–Crippen LogP) is 3.87. The summed E-state index contributed by atoms with van der Waals surface area (Å²) in [6.07, 6.45) is -4.51. The Morgan fingerprint density at radius 2 is 1.92 bits per heavy atom. The van der Waals surface area contributed by atoms with Gasteiger partial charge in [0, 0.05) is 29.2 Å². The molecule has 0 saturated heterocycles. The molecule has 2 rings (SSSR count). The van der Waals surface area contributed by atoms with E-state index in [1.165, 1.54) is 23.5 Å². The number of alkyl halides is 3. The van der Waals surface area contributed by atoms with Crippen molar-refractivity contribution in [1.82, 2.24) is 4.57 Å². The first-order valence-corrected chi connectivity index (χ1v) is 8.94. The van der Waals surface area contributed by atoms with Crippen molar-refractivity contribution >= 4 is 17.2 Å². The Morgan fingerprint density at radius 1 is 1.27 bits per heavy atom.